The Morgan fingerprint density at radius 1 is 1.38 bits per heavy atom. The summed E-state index contributed by atoms with van der Waals surface area (Å²) in [5, 5.41) is 4.52. The molecule has 3 nitrogen and oxygen atoms in total. The van der Waals surface area contributed by atoms with E-state index in [0.717, 1.165) is 48.4 Å². The fraction of sp³-hybridized carbons (Fsp3) is 0.250. The fourth-order valence-electron chi connectivity index (χ4n) is 1.70. The second-order valence-electron chi connectivity index (χ2n) is 3.64. The van der Waals surface area contributed by atoms with Gasteiger partial charge in [0.25, 0.3) is 0 Å². The van der Waals surface area contributed by atoms with Gasteiger partial charge in [-0.15, -0.1) is 0 Å². The van der Waals surface area contributed by atoms with Gasteiger partial charge in [-0.25, -0.2) is 0 Å². The summed E-state index contributed by atoms with van der Waals surface area (Å²) in [6.45, 7) is 4.18. The molecule has 2 radical (unpaired) electrons. The fourth-order valence-corrected chi connectivity index (χ4v) is 2.24. The van der Waals surface area contributed by atoms with E-state index in [2.05, 4.69) is 25.0 Å². The van der Waals surface area contributed by atoms with Crippen LogP contribution in [0.1, 0.15) is 18.2 Å². The molecule has 2 aromatic rings. The van der Waals surface area contributed by atoms with Crippen molar-refractivity contribution < 1.29 is 2.85 Å². The summed E-state index contributed by atoms with van der Waals surface area (Å²) in [6, 6.07) is 8.11. The van der Waals surface area contributed by atoms with Crippen LogP contribution >= 0.6 is 0 Å². The second-order valence-corrected chi connectivity index (χ2v) is 4.32. The molecule has 2 rings (SSSR count). The van der Waals surface area contributed by atoms with Gasteiger partial charge in [0, 0.05) is 0 Å². The first-order valence-electron chi connectivity index (χ1n) is 5.27. The zero-order valence-electron chi connectivity index (χ0n) is 9.47. The molecule has 0 bridgehead atoms. The molecule has 16 heavy (non-hydrogen) atoms. The van der Waals surface area contributed by atoms with Crippen LogP contribution < -0.4 is 2.85 Å². The van der Waals surface area contributed by atoms with E-state index in [-0.39, 0.29) is 0 Å². The first-order chi connectivity index (χ1) is 7.76. The average Bonchev–Trinajstić information content (AvgIpc) is 2.76. The van der Waals surface area contributed by atoms with Gasteiger partial charge in [-0.3, -0.25) is 0 Å². The normalized spacial score (nSPS) is 10.4. The maximum atomic E-state index is 5.49. The molecule has 80 valence electrons. The Morgan fingerprint density at radius 2 is 2.19 bits per heavy atom. The molecule has 0 amide bonds. The summed E-state index contributed by atoms with van der Waals surface area (Å²) in [5.74, 6) is 0.910. The topological polar surface area (TPSA) is 27.1 Å². The second kappa shape index (κ2) is 4.95. The number of hydrogen-bond donors (Lipinski definition) is 0. The van der Waals surface area contributed by atoms with Crippen LogP contribution in [0.3, 0.4) is 0 Å². The molecule has 0 aliphatic heterocycles. The van der Waals surface area contributed by atoms with Crippen molar-refractivity contribution in [2.45, 2.75) is 20.3 Å². The number of hydrogen-bond acceptors (Lipinski definition) is 2. The van der Waals surface area contributed by atoms with Gasteiger partial charge >= 0.3 is 111 Å². The van der Waals surface area contributed by atoms with Gasteiger partial charge in [0.2, 0.25) is 0 Å². The van der Waals surface area contributed by atoms with Crippen molar-refractivity contribution in [3.63, 3.8) is 0 Å². The van der Waals surface area contributed by atoms with Gasteiger partial charge in [-0.05, 0) is 0 Å². The summed E-state index contributed by atoms with van der Waals surface area (Å²) >= 11 is 0.754. The van der Waals surface area contributed by atoms with E-state index in [9.17, 15) is 0 Å². The predicted octanol–water partition coefficient (Wildman–Crippen LogP) is 2.21. The number of nitrogens with zero attached hydrogens (tertiary/aromatic N) is 2. The molecule has 0 N–H and O–H groups in total. The Balaban J connectivity index is 2.53. The van der Waals surface area contributed by atoms with E-state index in [4.69, 9.17) is 2.85 Å². The maximum absolute atomic E-state index is 5.49. The van der Waals surface area contributed by atoms with Gasteiger partial charge in [0.15, 0.2) is 0 Å². The molecular weight excluding hydrogens is 303 g/mol. The van der Waals surface area contributed by atoms with E-state index >= 15 is 0 Å². The molecule has 0 fully saturated rings. The van der Waals surface area contributed by atoms with Gasteiger partial charge in [-0.2, -0.15) is 0 Å². The molecule has 0 aliphatic carbocycles. The Labute approximate surface area is 111 Å². The van der Waals surface area contributed by atoms with Crippen LogP contribution in [-0.2, 0) is 6.42 Å². The van der Waals surface area contributed by atoms with Crippen LogP contribution in [0.15, 0.2) is 30.5 Å². The van der Waals surface area contributed by atoms with Crippen LogP contribution in [0.5, 0.6) is 5.75 Å². The van der Waals surface area contributed by atoms with Crippen LogP contribution in [0.25, 0.3) is 5.69 Å². The molecule has 4 heteroatoms. The SMILES string of the molecule is CCc1ccn(-c2c(C)cccc2[O][In])n1. The third-order valence-corrected chi connectivity index (χ3v) is 3.29. The summed E-state index contributed by atoms with van der Waals surface area (Å²) in [6.07, 6.45) is 2.94. The average molecular weight is 316 g/mol. The van der Waals surface area contributed by atoms with Gasteiger partial charge in [0.05, 0.1) is 0 Å². The van der Waals surface area contributed by atoms with E-state index in [1.807, 2.05) is 29.1 Å². The zero-order valence-corrected chi connectivity index (χ0v) is 12.8. The first-order valence-corrected chi connectivity index (χ1v) is 6.62. The molecule has 0 atom stereocenters. The van der Waals surface area contributed by atoms with Crippen molar-refractivity contribution in [2.24, 2.45) is 0 Å². The Hall–Kier alpha value is -0.900. The van der Waals surface area contributed by atoms with Crippen LogP contribution in [0, 0.1) is 6.92 Å². The van der Waals surface area contributed by atoms with Crippen molar-refractivity contribution in [2.75, 3.05) is 0 Å². The van der Waals surface area contributed by atoms with Crippen molar-refractivity contribution in [3.8, 4) is 11.4 Å². The Bertz CT molecular complexity index is 494. The van der Waals surface area contributed by atoms with E-state index in [1.54, 1.807) is 0 Å². The van der Waals surface area contributed by atoms with Crippen LogP contribution in [-0.4, -0.2) is 34.6 Å². The molecular formula is C12H13InN2O. The molecule has 1 aromatic heterocycles. The third-order valence-electron chi connectivity index (χ3n) is 2.56. The number of aryl methyl sites for hydroxylation is 2. The monoisotopic (exact) mass is 316 g/mol. The van der Waals surface area contributed by atoms with Gasteiger partial charge < -0.3 is 0 Å². The van der Waals surface area contributed by atoms with Crippen molar-refractivity contribution in [3.05, 3.63) is 41.7 Å². The molecule has 0 saturated heterocycles. The van der Waals surface area contributed by atoms with Crippen molar-refractivity contribution in [1.82, 2.24) is 9.78 Å². The first kappa shape index (κ1) is 11.6. The quantitative estimate of drug-likeness (QED) is 0.868. The standard InChI is InChI=1S/C12H14N2O.In/c1-3-10-7-8-14(13-10)12-9(2)5-4-6-11(12)15;/h4-8,15H,3H2,1-2H3;/q;+1/p-1. The molecule has 0 aliphatic rings. The zero-order chi connectivity index (χ0) is 11.5. The molecule has 1 heterocycles. The summed E-state index contributed by atoms with van der Waals surface area (Å²) in [7, 11) is 0. The Morgan fingerprint density at radius 3 is 2.81 bits per heavy atom. The summed E-state index contributed by atoms with van der Waals surface area (Å²) in [5.41, 5.74) is 3.33. The van der Waals surface area contributed by atoms with Crippen molar-refractivity contribution >= 4 is 24.8 Å². The minimum absolute atomic E-state index is 0.754. The number of para-hydroxylation sites is 1. The van der Waals surface area contributed by atoms with Crippen molar-refractivity contribution in [1.29, 1.82) is 0 Å². The molecule has 0 saturated carbocycles. The van der Waals surface area contributed by atoms with E-state index < -0.39 is 0 Å². The van der Waals surface area contributed by atoms with Gasteiger partial charge in [-0.1, -0.05) is 0 Å². The van der Waals surface area contributed by atoms with Crippen LogP contribution in [0.2, 0.25) is 0 Å². The predicted molar refractivity (Wildman–Crippen MR) is 64.1 cm³/mol. The summed E-state index contributed by atoms with van der Waals surface area (Å²) in [4.78, 5) is 0. The number of benzene rings is 1. The number of rotatable bonds is 3. The molecule has 1 aromatic carbocycles. The Kier molecular flexibility index (Phi) is 3.59. The minimum atomic E-state index is 0.754. The van der Waals surface area contributed by atoms with Gasteiger partial charge in [0.1, 0.15) is 0 Å². The molecule has 0 spiro atoms. The number of aromatic nitrogens is 2. The molecule has 0 unspecified atom stereocenters. The van der Waals surface area contributed by atoms with Crippen LogP contribution in [0.4, 0.5) is 0 Å². The third kappa shape index (κ3) is 2.12. The summed E-state index contributed by atoms with van der Waals surface area (Å²) < 4.78 is 7.40. The van der Waals surface area contributed by atoms with E-state index in [0.29, 0.717) is 0 Å². The van der Waals surface area contributed by atoms with E-state index in [1.165, 1.54) is 5.56 Å².